The first-order chi connectivity index (χ1) is 18.4. The largest absolute Gasteiger partial charge is 0.434 e. The maximum atomic E-state index is 13.8. The predicted octanol–water partition coefficient (Wildman–Crippen LogP) is 4.58. The SMILES string of the molecule is C[C@@H]1Cc2nn3c(c2CN1C(=O)c1ccc(Cl)c(C#N)c1)C(=O)N([C@@H](C)c1cnc(C(F)(F)F)cn1)C[C@H]3C. The van der Waals surface area contributed by atoms with Crippen LogP contribution >= 0.6 is 11.6 Å². The number of fused-ring (bicyclic) bond motifs is 3. The van der Waals surface area contributed by atoms with Crippen LogP contribution in [0.1, 0.15) is 81.9 Å². The molecule has 0 spiro atoms. The Kier molecular flexibility index (Phi) is 6.58. The van der Waals surface area contributed by atoms with Crippen molar-refractivity contribution >= 4 is 23.4 Å². The monoisotopic (exact) mass is 557 g/mol. The van der Waals surface area contributed by atoms with E-state index in [2.05, 4.69) is 9.97 Å². The Morgan fingerprint density at radius 1 is 1.21 bits per heavy atom. The number of hydrogen-bond donors (Lipinski definition) is 0. The van der Waals surface area contributed by atoms with E-state index in [1.54, 1.807) is 27.5 Å². The minimum Gasteiger partial charge on any atom is -0.331 e. The lowest BCUT2D eigenvalue weighted by atomic mass is 9.96. The van der Waals surface area contributed by atoms with Gasteiger partial charge in [0.25, 0.3) is 11.8 Å². The summed E-state index contributed by atoms with van der Waals surface area (Å²) in [5.41, 5.74) is 1.31. The summed E-state index contributed by atoms with van der Waals surface area (Å²) in [7, 11) is 0. The van der Waals surface area contributed by atoms with Gasteiger partial charge in [0.2, 0.25) is 0 Å². The molecule has 0 saturated heterocycles. The number of alkyl halides is 3. The smallest absolute Gasteiger partial charge is 0.331 e. The molecule has 5 rings (SSSR count). The van der Waals surface area contributed by atoms with Gasteiger partial charge in [0.1, 0.15) is 11.8 Å². The van der Waals surface area contributed by atoms with E-state index in [0.717, 1.165) is 11.9 Å². The van der Waals surface area contributed by atoms with E-state index in [0.29, 0.717) is 29.4 Å². The molecule has 1 aromatic carbocycles. The number of halogens is 4. The van der Waals surface area contributed by atoms with Crippen molar-refractivity contribution in [1.29, 1.82) is 5.26 Å². The van der Waals surface area contributed by atoms with Crippen molar-refractivity contribution in [3.8, 4) is 6.07 Å². The molecule has 0 aliphatic carbocycles. The molecule has 13 heteroatoms. The molecular formula is C26H23ClF3N7O2. The summed E-state index contributed by atoms with van der Waals surface area (Å²) >= 11 is 6.03. The first-order valence-corrected chi connectivity index (χ1v) is 12.6. The predicted molar refractivity (Wildman–Crippen MR) is 133 cm³/mol. The maximum Gasteiger partial charge on any atom is 0.434 e. The summed E-state index contributed by atoms with van der Waals surface area (Å²) < 4.78 is 40.5. The third kappa shape index (κ3) is 4.61. The van der Waals surface area contributed by atoms with Gasteiger partial charge in [-0.3, -0.25) is 19.3 Å². The first-order valence-electron chi connectivity index (χ1n) is 12.2. The Balaban J connectivity index is 1.45. The van der Waals surface area contributed by atoms with Crippen molar-refractivity contribution < 1.29 is 22.8 Å². The molecule has 0 bridgehead atoms. The third-order valence-corrected chi connectivity index (χ3v) is 7.56. The molecule has 2 aromatic heterocycles. The highest BCUT2D eigenvalue weighted by molar-refractivity contribution is 6.31. The molecule has 202 valence electrons. The number of hydrogen-bond acceptors (Lipinski definition) is 6. The fourth-order valence-electron chi connectivity index (χ4n) is 5.06. The van der Waals surface area contributed by atoms with Gasteiger partial charge in [-0.2, -0.15) is 23.5 Å². The van der Waals surface area contributed by atoms with Crippen molar-refractivity contribution in [2.24, 2.45) is 0 Å². The van der Waals surface area contributed by atoms with Gasteiger partial charge in [0.15, 0.2) is 5.69 Å². The van der Waals surface area contributed by atoms with Gasteiger partial charge in [-0.1, -0.05) is 11.6 Å². The topological polar surface area (TPSA) is 108 Å². The van der Waals surface area contributed by atoms with Crippen LogP contribution in [-0.2, 0) is 19.1 Å². The second-order valence-electron chi connectivity index (χ2n) is 9.82. The van der Waals surface area contributed by atoms with E-state index < -0.39 is 17.9 Å². The Labute approximate surface area is 226 Å². The lowest BCUT2D eigenvalue weighted by Crippen LogP contribution is -2.45. The molecule has 39 heavy (non-hydrogen) atoms. The van der Waals surface area contributed by atoms with Crippen LogP contribution in [-0.4, -0.2) is 53.9 Å². The number of nitrogens with zero attached hydrogens (tertiary/aromatic N) is 7. The fraction of sp³-hybridized carbons (Fsp3) is 0.385. The number of nitriles is 1. The lowest BCUT2D eigenvalue weighted by molar-refractivity contribution is -0.141. The molecule has 0 N–H and O–H groups in total. The molecule has 2 aliphatic heterocycles. The van der Waals surface area contributed by atoms with Gasteiger partial charge in [-0.15, -0.1) is 0 Å². The molecule has 0 fully saturated rings. The van der Waals surface area contributed by atoms with Crippen molar-refractivity contribution in [3.05, 3.63) is 75.1 Å². The number of aromatic nitrogens is 4. The van der Waals surface area contributed by atoms with Crippen LogP contribution in [0.25, 0.3) is 0 Å². The summed E-state index contributed by atoms with van der Waals surface area (Å²) in [5.74, 6) is -0.654. The van der Waals surface area contributed by atoms with Gasteiger partial charge < -0.3 is 9.80 Å². The zero-order valence-electron chi connectivity index (χ0n) is 21.2. The van der Waals surface area contributed by atoms with Crippen LogP contribution in [0.3, 0.4) is 0 Å². The van der Waals surface area contributed by atoms with Crippen molar-refractivity contribution in [2.45, 2.75) is 58.0 Å². The quantitative estimate of drug-likeness (QED) is 0.466. The number of amides is 2. The van der Waals surface area contributed by atoms with E-state index in [4.69, 9.17) is 16.7 Å². The third-order valence-electron chi connectivity index (χ3n) is 7.24. The molecule has 4 heterocycles. The minimum atomic E-state index is -4.61. The molecular weight excluding hydrogens is 535 g/mol. The van der Waals surface area contributed by atoms with Crippen LogP contribution in [0.2, 0.25) is 5.02 Å². The molecule has 3 atom stereocenters. The van der Waals surface area contributed by atoms with E-state index in [-0.39, 0.29) is 53.3 Å². The van der Waals surface area contributed by atoms with E-state index in [1.165, 1.54) is 12.1 Å². The van der Waals surface area contributed by atoms with E-state index in [9.17, 15) is 28.0 Å². The molecule has 9 nitrogen and oxygen atoms in total. The van der Waals surface area contributed by atoms with Gasteiger partial charge in [0.05, 0.1) is 53.0 Å². The average molecular weight is 558 g/mol. The second kappa shape index (κ2) is 9.64. The molecule has 3 aromatic rings. The number of benzene rings is 1. The Morgan fingerprint density at radius 3 is 2.59 bits per heavy atom. The van der Waals surface area contributed by atoms with Crippen LogP contribution in [0, 0.1) is 11.3 Å². The number of carbonyl (C=O) groups is 2. The highest BCUT2D eigenvalue weighted by atomic mass is 35.5. The molecule has 2 aliphatic rings. The van der Waals surface area contributed by atoms with Gasteiger partial charge in [-0.05, 0) is 39.0 Å². The van der Waals surface area contributed by atoms with Crippen molar-refractivity contribution in [3.63, 3.8) is 0 Å². The summed E-state index contributed by atoms with van der Waals surface area (Å²) in [6.45, 7) is 5.89. The molecule has 0 saturated carbocycles. The summed E-state index contributed by atoms with van der Waals surface area (Å²) in [4.78, 5) is 37.8. The van der Waals surface area contributed by atoms with Gasteiger partial charge in [0, 0.05) is 30.1 Å². The molecule has 2 amide bonds. The molecule has 0 unspecified atom stereocenters. The standard InChI is InChI=1S/C26H23ClF3N7O2/c1-13-6-20-18(12-35(13)24(38)16-4-5-19(27)17(7-16)8-31)23-25(39)36(11-14(2)37(23)34-20)15(3)21-9-33-22(10-32-21)26(28,29)30/h4-5,7,9-10,13-15H,6,11-12H2,1-3H3/t13-,14-,15+/m1/s1. The Hall–Kier alpha value is -3.98. The van der Waals surface area contributed by atoms with Crippen LogP contribution < -0.4 is 0 Å². The Bertz CT molecular complexity index is 1510. The summed E-state index contributed by atoms with van der Waals surface area (Å²) in [6.07, 6.45) is -2.48. The molecule has 0 radical (unpaired) electrons. The van der Waals surface area contributed by atoms with Gasteiger partial charge in [-0.25, -0.2) is 4.98 Å². The van der Waals surface area contributed by atoms with E-state index >= 15 is 0 Å². The first kappa shape index (κ1) is 26.6. The minimum absolute atomic E-state index is 0.135. The van der Waals surface area contributed by atoms with Gasteiger partial charge >= 0.3 is 6.18 Å². The van der Waals surface area contributed by atoms with Crippen LogP contribution in [0.15, 0.2) is 30.6 Å². The summed E-state index contributed by atoms with van der Waals surface area (Å²) in [6, 6.07) is 5.40. The zero-order valence-corrected chi connectivity index (χ0v) is 22.0. The number of rotatable bonds is 3. The zero-order chi connectivity index (χ0) is 28.2. The van der Waals surface area contributed by atoms with Crippen LogP contribution in [0.5, 0.6) is 0 Å². The number of carbonyl (C=O) groups excluding carboxylic acids is 2. The highest BCUT2D eigenvalue weighted by Crippen LogP contribution is 2.35. The highest BCUT2D eigenvalue weighted by Gasteiger charge is 2.41. The maximum absolute atomic E-state index is 13.8. The van der Waals surface area contributed by atoms with Crippen molar-refractivity contribution in [1.82, 2.24) is 29.5 Å². The summed E-state index contributed by atoms with van der Waals surface area (Å²) in [5, 5.41) is 14.3. The average Bonchev–Trinajstić information content (AvgIpc) is 3.28. The van der Waals surface area contributed by atoms with Crippen LogP contribution in [0.4, 0.5) is 13.2 Å². The van der Waals surface area contributed by atoms with Crippen molar-refractivity contribution in [2.75, 3.05) is 6.54 Å². The lowest BCUT2D eigenvalue weighted by Gasteiger charge is -2.37. The second-order valence-corrected chi connectivity index (χ2v) is 10.2. The van der Waals surface area contributed by atoms with E-state index in [1.807, 2.05) is 19.9 Å². The fourth-order valence-corrected chi connectivity index (χ4v) is 5.22. The normalized spacial score (nSPS) is 19.8. The Morgan fingerprint density at radius 2 is 1.95 bits per heavy atom.